The van der Waals surface area contributed by atoms with E-state index in [0.717, 1.165) is 36.9 Å². The van der Waals surface area contributed by atoms with Crippen molar-refractivity contribution >= 4 is 24.6 Å². The Labute approximate surface area is 271 Å². The molecule has 0 atom stereocenters. The van der Waals surface area contributed by atoms with E-state index in [1.807, 2.05) is 33.9 Å². The molecular formula is C37H54IrNO2Si-. The van der Waals surface area contributed by atoms with Crippen molar-refractivity contribution in [2.45, 2.75) is 112 Å². The number of carbonyl (C=O) groups is 1. The first-order valence-corrected chi connectivity index (χ1v) is 19.2. The van der Waals surface area contributed by atoms with Gasteiger partial charge in [-0.2, -0.15) is 0 Å². The number of rotatable bonds is 10. The van der Waals surface area contributed by atoms with Crippen LogP contribution in [0.15, 0.2) is 54.4 Å². The van der Waals surface area contributed by atoms with E-state index in [2.05, 4.69) is 89.8 Å². The summed E-state index contributed by atoms with van der Waals surface area (Å²) in [6.07, 6.45) is 6.94. The van der Waals surface area contributed by atoms with Gasteiger partial charge in [0, 0.05) is 58.0 Å². The van der Waals surface area contributed by atoms with Gasteiger partial charge in [0.15, 0.2) is 5.78 Å². The van der Waals surface area contributed by atoms with Gasteiger partial charge >= 0.3 is 0 Å². The van der Waals surface area contributed by atoms with Crippen LogP contribution in [0.2, 0.25) is 19.6 Å². The minimum Gasteiger partial charge on any atom is -0.512 e. The van der Waals surface area contributed by atoms with E-state index >= 15 is 0 Å². The van der Waals surface area contributed by atoms with Crippen molar-refractivity contribution in [1.29, 1.82) is 0 Å². The van der Waals surface area contributed by atoms with Gasteiger partial charge in [-0.15, -0.1) is 29.1 Å². The van der Waals surface area contributed by atoms with Gasteiger partial charge < -0.3 is 5.11 Å². The monoisotopic (exact) mass is 765 g/mol. The van der Waals surface area contributed by atoms with Crippen LogP contribution in [-0.4, -0.2) is 23.9 Å². The number of hydrogen-bond acceptors (Lipinski definition) is 3. The molecule has 0 aliphatic rings. The van der Waals surface area contributed by atoms with Crippen molar-refractivity contribution in [3.8, 4) is 11.3 Å². The zero-order valence-electron chi connectivity index (χ0n) is 27.9. The van der Waals surface area contributed by atoms with Crippen LogP contribution < -0.4 is 0 Å². The Morgan fingerprint density at radius 2 is 1.55 bits per heavy atom. The molecule has 2 aromatic carbocycles. The van der Waals surface area contributed by atoms with Crippen LogP contribution in [0, 0.1) is 24.8 Å². The maximum atomic E-state index is 11.7. The molecule has 1 N–H and O–H groups in total. The molecule has 1 aromatic heterocycles. The van der Waals surface area contributed by atoms with Crippen LogP contribution in [0.25, 0.3) is 22.0 Å². The summed E-state index contributed by atoms with van der Waals surface area (Å²) in [5.74, 6) is 0.547. The number of fused-ring (bicyclic) bond motifs is 1. The Hall–Kier alpha value is -2.07. The molecule has 1 radical (unpaired) electrons. The fourth-order valence-corrected chi connectivity index (χ4v) is 6.77. The number of hydrogen-bond donors (Lipinski definition) is 1. The molecule has 0 fully saturated rings. The van der Waals surface area contributed by atoms with Crippen molar-refractivity contribution in [1.82, 2.24) is 4.98 Å². The van der Waals surface area contributed by atoms with Crippen LogP contribution in [0.4, 0.5) is 0 Å². The summed E-state index contributed by atoms with van der Waals surface area (Å²) >= 11 is 0. The smallest absolute Gasteiger partial charge is 0.162 e. The Morgan fingerprint density at radius 1 is 0.976 bits per heavy atom. The maximum Gasteiger partial charge on any atom is 0.162 e. The van der Waals surface area contributed by atoms with Gasteiger partial charge in [0.1, 0.15) is 0 Å². The van der Waals surface area contributed by atoms with Crippen LogP contribution in [-0.2, 0) is 36.4 Å². The average Bonchev–Trinajstić information content (AvgIpc) is 2.89. The Kier molecular flexibility index (Phi) is 15.1. The number of aryl methyl sites for hydroxylation is 1. The van der Waals surface area contributed by atoms with E-state index in [9.17, 15) is 9.90 Å². The van der Waals surface area contributed by atoms with Gasteiger partial charge in [0.05, 0.1) is 5.76 Å². The second-order valence-electron chi connectivity index (χ2n) is 13.6. The normalized spacial score (nSPS) is 12.3. The predicted molar refractivity (Wildman–Crippen MR) is 180 cm³/mol. The van der Waals surface area contributed by atoms with Crippen LogP contribution in [0.1, 0.15) is 90.8 Å². The molecule has 0 bridgehead atoms. The van der Waals surface area contributed by atoms with Crippen molar-refractivity contribution in [2.24, 2.45) is 11.8 Å². The van der Waals surface area contributed by atoms with Crippen molar-refractivity contribution in [2.75, 3.05) is 0 Å². The molecule has 0 aliphatic heterocycles. The molecule has 0 saturated carbocycles. The summed E-state index contributed by atoms with van der Waals surface area (Å²) in [6.45, 7) is 24.3. The summed E-state index contributed by atoms with van der Waals surface area (Å²) in [5.41, 5.74) is 6.32. The first-order chi connectivity index (χ1) is 19.1. The van der Waals surface area contributed by atoms with E-state index in [-0.39, 0.29) is 48.9 Å². The Balaban J connectivity index is 0.000000476. The molecule has 3 aromatic rings. The number of aliphatic hydroxyl groups excluding tert-OH is 1. The molecule has 0 amide bonds. The molecule has 3 rings (SSSR count). The van der Waals surface area contributed by atoms with E-state index in [1.54, 1.807) is 0 Å². The number of aliphatic hydroxyl groups is 1. The predicted octanol–water partition coefficient (Wildman–Crippen LogP) is 10.6. The summed E-state index contributed by atoms with van der Waals surface area (Å²) < 4.78 is 0. The number of allylic oxidation sites excluding steroid dienone is 2. The second kappa shape index (κ2) is 16.7. The quantitative estimate of drug-likeness (QED) is 0.0968. The van der Waals surface area contributed by atoms with Crippen molar-refractivity contribution in [3.05, 3.63) is 77.2 Å². The van der Waals surface area contributed by atoms with Crippen molar-refractivity contribution < 1.29 is 30.0 Å². The van der Waals surface area contributed by atoms with Gasteiger partial charge in [0.25, 0.3) is 0 Å². The summed E-state index contributed by atoms with van der Waals surface area (Å²) in [7, 11) is -1.18. The number of benzene rings is 2. The molecule has 233 valence electrons. The third-order valence-corrected chi connectivity index (χ3v) is 9.32. The third kappa shape index (κ3) is 10.9. The van der Waals surface area contributed by atoms with Gasteiger partial charge in [-0.1, -0.05) is 109 Å². The molecular weight excluding hydrogens is 711 g/mol. The van der Waals surface area contributed by atoms with Gasteiger partial charge in [-0.25, -0.2) is 0 Å². The van der Waals surface area contributed by atoms with Gasteiger partial charge in [-0.3, -0.25) is 9.78 Å². The topological polar surface area (TPSA) is 50.2 Å². The minimum absolute atomic E-state index is 0. The number of ketones is 1. The summed E-state index contributed by atoms with van der Waals surface area (Å²) in [6, 6.07) is 18.0. The van der Waals surface area contributed by atoms with Crippen LogP contribution in [0.5, 0.6) is 0 Å². The Bertz CT molecular complexity index is 1330. The van der Waals surface area contributed by atoms with E-state index in [1.165, 1.54) is 39.6 Å². The van der Waals surface area contributed by atoms with Gasteiger partial charge in [0.2, 0.25) is 0 Å². The fourth-order valence-electron chi connectivity index (χ4n) is 5.24. The van der Waals surface area contributed by atoms with Gasteiger partial charge in [-0.05, 0) is 49.6 Å². The Morgan fingerprint density at radius 3 is 2.07 bits per heavy atom. The zero-order valence-corrected chi connectivity index (χ0v) is 31.3. The fraction of sp³-hybridized carbons (Fsp3) is 0.514. The molecule has 42 heavy (non-hydrogen) atoms. The molecule has 3 nitrogen and oxygen atoms in total. The maximum absolute atomic E-state index is 11.7. The first kappa shape index (κ1) is 38.0. The number of aromatic nitrogens is 1. The molecule has 0 unspecified atom stereocenters. The second-order valence-corrected chi connectivity index (χ2v) is 19.1. The summed E-state index contributed by atoms with van der Waals surface area (Å²) in [5, 5.41) is 12.2. The molecule has 5 heteroatoms. The molecule has 0 aliphatic carbocycles. The average molecular weight is 765 g/mol. The number of carbonyl (C=O) groups excluding carboxylic acids is 1. The first-order valence-electron chi connectivity index (χ1n) is 15.5. The van der Waals surface area contributed by atoms with Crippen molar-refractivity contribution in [3.63, 3.8) is 0 Å². The van der Waals surface area contributed by atoms with Crippen LogP contribution in [0.3, 0.4) is 0 Å². The molecule has 0 saturated heterocycles. The SMILES string of the molecule is CCC(CC)C(=O)/C=C(\O)C(CC)CC.Cc1cnc(-c2[c-]c3ccccc3c(C(C)(C)C)c2)cc1C[Si](C)(C)C.[Ir]. The zero-order chi connectivity index (χ0) is 31.0. The molecule has 1 heterocycles. The van der Waals surface area contributed by atoms with E-state index < -0.39 is 8.07 Å². The van der Waals surface area contributed by atoms with Crippen LogP contribution >= 0.6 is 0 Å². The van der Waals surface area contributed by atoms with E-state index in [4.69, 9.17) is 4.98 Å². The number of pyridine rings is 1. The largest absolute Gasteiger partial charge is 0.512 e. The standard InChI is InChI=1S/C24H30NSi.C13H24O2.Ir/c1-17-15-25-23(14-20(17)16-26(5,6)7)19-12-18-10-8-9-11-21(18)22(13-19)24(2,3)4;1-5-10(6-2)12(14)9-13(15)11(7-3)8-4;/h8-11,13-15H,16H2,1-7H3;9-11,14H,5-8H2,1-4H3;/q-1;;/b;12-9-;. The third-order valence-electron chi connectivity index (χ3n) is 7.88. The summed E-state index contributed by atoms with van der Waals surface area (Å²) in [4.78, 5) is 16.5. The van der Waals surface area contributed by atoms with E-state index in [0.29, 0.717) is 0 Å². The molecule has 0 spiro atoms. The minimum atomic E-state index is -1.18. The number of nitrogens with zero attached hydrogens (tertiary/aromatic N) is 1.